The summed E-state index contributed by atoms with van der Waals surface area (Å²) in [5.74, 6) is 1.33. The maximum atomic E-state index is 9.84. The maximum Gasteiger partial charge on any atom is 0.296 e. The smallest absolute Gasteiger partial charge is 0.296 e. The molecule has 4 heterocycles. The van der Waals surface area contributed by atoms with Crippen LogP contribution in [0.5, 0.6) is 6.01 Å². The molecule has 0 bridgehead atoms. The summed E-state index contributed by atoms with van der Waals surface area (Å²) < 4.78 is 17.1. The molecule has 5 rings (SSSR count). The number of hydrogen-bond donors (Lipinski definition) is 3. The minimum atomic E-state index is -0.604. The Kier molecular flexibility index (Phi) is 5.04. The van der Waals surface area contributed by atoms with Gasteiger partial charge in [0.25, 0.3) is 6.01 Å². The molecule has 28 heavy (non-hydrogen) atoms. The number of aromatic amines is 1. The molecule has 152 valence electrons. The lowest BCUT2D eigenvalue weighted by molar-refractivity contribution is 0.00706. The maximum absolute atomic E-state index is 9.84. The van der Waals surface area contributed by atoms with Crippen molar-refractivity contribution in [2.45, 2.75) is 56.5 Å². The van der Waals surface area contributed by atoms with Crippen molar-refractivity contribution in [2.24, 2.45) is 5.92 Å². The van der Waals surface area contributed by atoms with E-state index in [1.54, 1.807) is 0 Å². The third-order valence-corrected chi connectivity index (χ3v) is 6.22. The second-order valence-electron chi connectivity index (χ2n) is 7.94. The van der Waals surface area contributed by atoms with E-state index in [-0.39, 0.29) is 24.9 Å². The lowest BCUT2D eigenvalue weighted by Gasteiger charge is -2.22. The van der Waals surface area contributed by atoms with Gasteiger partial charge in [0.05, 0.1) is 23.8 Å². The van der Waals surface area contributed by atoms with Gasteiger partial charge in [0, 0.05) is 6.54 Å². The minimum Gasteiger partial charge on any atom is -0.456 e. The Hall–Kier alpha value is -1.61. The van der Waals surface area contributed by atoms with Crippen LogP contribution in [0, 0.1) is 5.92 Å². The molecule has 9 heteroatoms. The third kappa shape index (κ3) is 3.54. The monoisotopic (exact) mass is 408 g/mol. The van der Waals surface area contributed by atoms with Crippen molar-refractivity contribution in [1.82, 2.24) is 15.0 Å². The highest BCUT2D eigenvalue weighted by Gasteiger charge is 2.48. The third-order valence-electron chi connectivity index (χ3n) is 5.93. The van der Waals surface area contributed by atoms with E-state index in [0.717, 1.165) is 6.54 Å². The first-order chi connectivity index (χ1) is 13.7. The van der Waals surface area contributed by atoms with E-state index >= 15 is 0 Å². The standard InChI is InChI=1S/C19H25ClN4O4/c20-11-6-12-18(23-17(11)21-7-10-4-2-1-3-5-10)24-19(22-12)28-14-9-27-15-13(25)8-26-16(14)15/h6,10,13-16,25H,1-5,7-9H2,(H2,21,22,23,24)/t13-,14-,15-,16-/m1/s1. The van der Waals surface area contributed by atoms with Crippen LogP contribution >= 0.6 is 11.6 Å². The fourth-order valence-electron chi connectivity index (χ4n) is 4.40. The van der Waals surface area contributed by atoms with Gasteiger partial charge in [-0.05, 0) is 24.8 Å². The van der Waals surface area contributed by atoms with Crippen LogP contribution in [0.15, 0.2) is 6.07 Å². The van der Waals surface area contributed by atoms with Crippen LogP contribution in [0.4, 0.5) is 5.82 Å². The van der Waals surface area contributed by atoms with E-state index in [1.807, 2.05) is 6.07 Å². The van der Waals surface area contributed by atoms with E-state index in [9.17, 15) is 5.11 Å². The molecule has 0 amide bonds. The number of aliphatic hydroxyl groups excluding tert-OH is 1. The van der Waals surface area contributed by atoms with E-state index < -0.39 is 6.10 Å². The molecule has 4 atom stereocenters. The van der Waals surface area contributed by atoms with Crippen LogP contribution in [-0.4, -0.2) is 64.2 Å². The van der Waals surface area contributed by atoms with Crippen LogP contribution in [0.25, 0.3) is 11.2 Å². The first-order valence-corrected chi connectivity index (χ1v) is 10.4. The number of nitrogens with one attached hydrogen (secondary N) is 2. The molecule has 2 saturated heterocycles. The van der Waals surface area contributed by atoms with Crippen molar-refractivity contribution in [3.8, 4) is 6.01 Å². The van der Waals surface area contributed by atoms with Crippen LogP contribution < -0.4 is 10.1 Å². The Labute approximate surface area is 167 Å². The summed E-state index contributed by atoms with van der Waals surface area (Å²) >= 11 is 6.41. The largest absolute Gasteiger partial charge is 0.456 e. The van der Waals surface area contributed by atoms with Crippen molar-refractivity contribution in [3.63, 3.8) is 0 Å². The number of halogens is 1. The molecule has 3 N–H and O–H groups in total. The zero-order valence-corrected chi connectivity index (χ0v) is 16.3. The first-order valence-electron chi connectivity index (χ1n) is 10.1. The van der Waals surface area contributed by atoms with Crippen molar-refractivity contribution in [1.29, 1.82) is 0 Å². The Bertz CT molecular complexity index is 841. The van der Waals surface area contributed by atoms with Gasteiger partial charge in [0.1, 0.15) is 24.1 Å². The Morgan fingerprint density at radius 1 is 1.18 bits per heavy atom. The molecule has 0 spiro atoms. The van der Waals surface area contributed by atoms with E-state index in [2.05, 4.69) is 20.3 Å². The Balaban J connectivity index is 1.28. The molecule has 1 aliphatic carbocycles. The van der Waals surface area contributed by atoms with Gasteiger partial charge in [-0.2, -0.15) is 4.98 Å². The quantitative estimate of drug-likeness (QED) is 0.698. The number of imidazole rings is 1. The topological polar surface area (TPSA) is 102 Å². The van der Waals surface area contributed by atoms with Gasteiger partial charge in [0.15, 0.2) is 11.8 Å². The summed E-state index contributed by atoms with van der Waals surface area (Å²) in [5.41, 5.74) is 1.26. The average Bonchev–Trinajstić information content (AvgIpc) is 3.38. The van der Waals surface area contributed by atoms with E-state index in [1.165, 1.54) is 32.1 Å². The number of aromatic nitrogens is 3. The van der Waals surface area contributed by atoms with Crippen molar-refractivity contribution in [2.75, 3.05) is 25.1 Å². The minimum absolute atomic E-state index is 0.266. The van der Waals surface area contributed by atoms with Gasteiger partial charge in [-0.15, -0.1) is 0 Å². The molecule has 3 fully saturated rings. The number of rotatable bonds is 5. The molecule has 3 aliphatic rings. The number of hydrogen-bond acceptors (Lipinski definition) is 7. The van der Waals surface area contributed by atoms with Gasteiger partial charge >= 0.3 is 0 Å². The number of anilines is 1. The molecule has 0 aromatic carbocycles. The highest BCUT2D eigenvalue weighted by molar-refractivity contribution is 6.33. The molecule has 0 unspecified atom stereocenters. The van der Waals surface area contributed by atoms with Gasteiger partial charge < -0.3 is 29.6 Å². The molecular weight excluding hydrogens is 384 g/mol. The van der Waals surface area contributed by atoms with Gasteiger partial charge in [-0.3, -0.25) is 0 Å². The number of H-pyrrole nitrogens is 1. The molecule has 2 aliphatic heterocycles. The average molecular weight is 409 g/mol. The molecule has 8 nitrogen and oxygen atoms in total. The van der Waals surface area contributed by atoms with Crippen LogP contribution in [0.2, 0.25) is 5.02 Å². The SMILES string of the molecule is O[C@@H]1CO[C@H]2[C@@H]1OC[C@H]2Oc1nc2nc(NCC3CCCCC3)c(Cl)cc2[nH]1. The fourth-order valence-corrected chi connectivity index (χ4v) is 4.61. The van der Waals surface area contributed by atoms with Gasteiger partial charge in [-0.1, -0.05) is 30.9 Å². The van der Waals surface area contributed by atoms with E-state index in [4.69, 9.17) is 25.8 Å². The lowest BCUT2D eigenvalue weighted by Crippen LogP contribution is -2.34. The van der Waals surface area contributed by atoms with Crippen molar-refractivity contribution >= 4 is 28.6 Å². The summed E-state index contributed by atoms with van der Waals surface area (Å²) in [6, 6.07) is 2.17. The normalized spacial score (nSPS) is 30.6. The Morgan fingerprint density at radius 2 is 2.00 bits per heavy atom. The summed E-state index contributed by atoms with van der Waals surface area (Å²) in [6.07, 6.45) is 4.93. The lowest BCUT2D eigenvalue weighted by atomic mass is 9.89. The number of aliphatic hydroxyl groups is 1. The summed E-state index contributed by atoms with van der Waals surface area (Å²) in [6.45, 7) is 1.50. The van der Waals surface area contributed by atoms with Gasteiger partial charge in [0.2, 0.25) is 0 Å². The van der Waals surface area contributed by atoms with Crippen molar-refractivity contribution in [3.05, 3.63) is 11.1 Å². The first kappa shape index (κ1) is 18.4. The second-order valence-corrected chi connectivity index (χ2v) is 8.34. The zero-order chi connectivity index (χ0) is 19.1. The molecule has 0 radical (unpaired) electrons. The molecule has 1 saturated carbocycles. The van der Waals surface area contributed by atoms with Crippen LogP contribution in [-0.2, 0) is 9.47 Å². The number of fused-ring (bicyclic) bond motifs is 2. The molecule has 2 aromatic heterocycles. The summed E-state index contributed by atoms with van der Waals surface area (Å²) in [5, 5.41) is 13.8. The number of pyridine rings is 1. The van der Waals surface area contributed by atoms with E-state index in [0.29, 0.717) is 40.5 Å². The van der Waals surface area contributed by atoms with Crippen molar-refractivity contribution < 1.29 is 19.3 Å². The van der Waals surface area contributed by atoms with Crippen LogP contribution in [0.3, 0.4) is 0 Å². The van der Waals surface area contributed by atoms with Gasteiger partial charge in [-0.25, -0.2) is 4.98 Å². The highest BCUT2D eigenvalue weighted by atomic mass is 35.5. The molecular formula is C19H25ClN4O4. The zero-order valence-electron chi connectivity index (χ0n) is 15.6. The summed E-state index contributed by atoms with van der Waals surface area (Å²) in [7, 11) is 0. The number of ether oxygens (including phenoxy) is 3. The predicted octanol–water partition coefficient (Wildman–Crippen LogP) is 2.51. The predicted molar refractivity (Wildman–Crippen MR) is 104 cm³/mol. The molecule has 2 aromatic rings. The summed E-state index contributed by atoms with van der Waals surface area (Å²) in [4.78, 5) is 12.1. The van der Waals surface area contributed by atoms with Crippen LogP contribution in [0.1, 0.15) is 32.1 Å². The second kappa shape index (κ2) is 7.67. The fraction of sp³-hybridized carbons (Fsp3) is 0.684. The number of nitrogens with zero attached hydrogens (tertiary/aromatic N) is 2. The Morgan fingerprint density at radius 3 is 2.86 bits per heavy atom. The highest BCUT2D eigenvalue weighted by Crippen LogP contribution is 2.31.